The molecule has 28 heavy (non-hydrogen) atoms. The predicted molar refractivity (Wildman–Crippen MR) is 111 cm³/mol. The van der Waals surface area contributed by atoms with Crippen LogP contribution in [-0.4, -0.2) is 21.8 Å². The maximum absolute atomic E-state index is 11.3. The van der Waals surface area contributed by atoms with Crippen molar-refractivity contribution in [3.8, 4) is 16.7 Å². The molecule has 0 fully saturated rings. The van der Waals surface area contributed by atoms with Crippen molar-refractivity contribution in [2.45, 2.75) is 26.4 Å². The lowest BCUT2D eigenvalue weighted by atomic mass is 10.2. The molecule has 0 unspecified atom stereocenters. The second kappa shape index (κ2) is 9.61. The fourth-order valence-corrected chi connectivity index (χ4v) is 2.41. The topological polar surface area (TPSA) is 107 Å². The van der Waals surface area contributed by atoms with Gasteiger partial charge in [-0.1, -0.05) is 17.4 Å². The van der Waals surface area contributed by atoms with E-state index in [1.807, 2.05) is 23.6 Å². The number of carbonyl (C=O) groups is 1. The minimum atomic E-state index is -0.513. The quantitative estimate of drug-likeness (QED) is 0.408. The molecule has 0 spiro atoms. The van der Waals surface area contributed by atoms with E-state index in [9.17, 15) is 4.79 Å². The van der Waals surface area contributed by atoms with Gasteiger partial charge in [-0.05, 0) is 57.2 Å². The number of anilines is 2. The lowest BCUT2D eigenvalue weighted by Crippen LogP contribution is -2.27. The van der Waals surface area contributed by atoms with Crippen LogP contribution in [0.4, 0.5) is 16.2 Å². The summed E-state index contributed by atoms with van der Waals surface area (Å²) in [7, 11) is 0. The number of nitrogen functional groups attached to an aromatic ring is 1. The van der Waals surface area contributed by atoms with Crippen LogP contribution in [-0.2, 0) is 4.74 Å². The largest absolute Gasteiger partial charge is 0.508 e. The standard InChI is InChI=1S/C11H15NO3.C9H8N2OS/c1-11(2,3)15-10(14)12-8-4-6-9(13)7-5-8;10-7-2-1-3-8(6-7)12-9-11-4-5-13-9/h4-7,13H,1-3H3,(H,12,14);1-6H,10H2. The Labute approximate surface area is 167 Å². The smallest absolute Gasteiger partial charge is 0.412 e. The van der Waals surface area contributed by atoms with Crippen molar-refractivity contribution in [2.24, 2.45) is 0 Å². The van der Waals surface area contributed by atoms with Gasteiger partial charge in [-0.15, -0.1) is 0 Å². The number of nitrogens with one attached hydrogen (secondary N) is 1. The van der Waals surface area contributed by atoms with Gasteiger partial charge >= 0.3 is 6.09 Å². The van der Waals surface area contributed by atoms with Crippen LogP contribution in [0.3, 0.4) is 0 Å². The van der Waals surface area contributed by atoms with E-state index in [1.54, 1.807) is 45.2 Å². The van der Waals surface area contributed by atoms with Crippen molar-refractivity contribution in [1.29, 1.82) is 0 Å². The second-order valence-electron chi connectivity index (χ2n) is 6.65. The van der Waals surface area contributed by atoms with E-state index in [1.165, 1.54) is 23.5 Å². The molecule has 0 saturated carbocycles. The first-order chi connectivity index (χ1) is 13.2. The number of carbonyl (C=O) groups excluding carboxylic acids is 1. The molecule has 3 aromatic rings. The molecular weight excluding hydrogens is 378 g/mol. The molecule has 1 amide bonds. The summed E-state index contributed by atoms with van der Waals surface area (Å²) in [5.74, 6) is 0.875. The molecule has 1 aromatic heterocycles. The molecule has 0 saturated heterocycles. The van der Waals surface area contributed by atoms with Crippen LogP contribution < -0.4 is 15.8 Å². The van der Waals surface area contributed by atoms with Gasteiger partial charge in [0.15, 0.2) is 0 Å². The highest BCUT2D eigenvalue weighted by molar-refractivity contribution is 7.11. The third-order valence-electron chi connectivity index (χ3n) is 2.99. The number of phenolic OH excluding ortho intramolecular Hbond substituents is 1. The summed E-state index contributed by atoms with van der Waals surface area (Å²) in [6.07, 6.45) is 1.19. The van der Waals surface area contributed by atoms with Crippen molar-refractivity contribution in [2.75, 3.05) is 11.1 Å². The zero-order chi connectivity index (χ0) is 20.6. The molecule has 1 heterocycles. The normalized spacial score (nSPS) is 10.4. The molecule has 7 nitrogen and oxygen atoms in total. The first-order valence-corrected chi connectivity index (χ1v) is 9.31. The minimum absolute atomic E-state index is 0.157. The van der Waals surface area contributed by atoms with Crippen LogP contribution in [0, 0.1) is 0 Å². The number of rotatable bonds is 3. The Morgan fingerprint density at radius 2 is 1.89 bits per heavy atom. The summed E-state index contributed by atoms with van der Waals surface area (Å²) >= 11 is 1.45. The number of benzene rings is 2. The Kier molecular flexibility index (Phi) is 7.22. The van der Waals surface area contributed by atoms with E-state index in [0.29, 0.717) is 16.6 Å². The Balaban J connectivity index is 0.000000202. The Morgan fingerprint density at radius 3 is 2.46 bits per heavy atom. The molecule has 0 bridgehead atoms. The van der Waals surface area contributed by atoms with Crippen molar-refractivity contribution in [3.63, 3.8) is 0 Å². The monoisotopic (exact) mass is 401 g/mol. The number of amides is 1. The number of aromatic hydroxyl groups is 1. The molecule has 0 aliphatic heterocycles. The van der Waals surface area contributed by atoms with E-state index in [0.717, 1.165) is 5.75 Å². The van der Waals surface area contributed by atoms with Crippen molar-refractivity contribution >= 4 is 28.8 Å². The Bertz CT molecular complexity index is 875. The van der Waals surface area contributed by atoms with Gasteiger partial charge in [-0.2, -0.15) is 0 Å². The Morgan fingerprint density at radius 1 is 1.18 bits per heavy atom. The van der Waals surface area contributed by atoms with Crippen LogP contribution in [0.1, 0.15) is 20.8 Å². The molecule has 4 N–H and O–H groups in total. The first kappa shape index (κ1) is 21.0. The summed E-state index contributed by atoms with van der Waals surface area (Å²) in [5, 5.41) is 14.1. The third kappa shape index (κ3) is 7.96. The van der Waals surface area contributed by atoms with Gasteiger partial charge in [-0.25, -0.2) is 9.78 Å². The number of aromatic nitrogens is 1. The SMILES string of the molecule is CC(C)(C)OC(=O)Nc1ccc(O)cc1.Nc1cccc(Oc2nccs2)c1. The molecule has 0 aliphatic rings. The van der Waals surface area contributed by atoms with Gasteiger partial charge < -0.3 is 20.3 Å². The molecular formula is C20H23N3O4S. The summed E-state index contributed by atoms with van der Waals surface area (Å²) in [6.45, 7) is 5.39. The highest BCUT2D eigenvalue weighted by atomic mass is 32.1. The minimum Gasteiger partial charge on any atom is -0.508 e. The third-order valence-corrected chi connectivity index (χ3v) is 3.63. The fourth-order valence-electron chi connectivity index (χ4n) is 1.91. The molecule has 148 valence electrons. The van der Waals surface area contributed by atoms with Crippen LogP contribution in [0.2, 0.25) is 0 Å². The summed E-state index contributed by atoms with van der Waals surface area (Å²) in [4.78, 5) is 15.3. The van der Waals surface area contributed by atoms with E-state index in [2.05, 4.69) is 10.3 Å². The summed E-state index contributed by atoms with van der Waals surface area (Å²) in [6, 6.07) is 13.4. The van der Waals surface area contributed by atoms with Crippen LogP contribution in [0.5, 0.6) is 16.7 Å². The maximum Gasteiger partial charge on any atom is 0.412 e. The number of phenols is 1. The van der Waals surface area contributed by atoms with Gasteiger partial charge in [0, 0.05) is 29.0 Å². The van der Waals surface area contributed by atoms with Crippen LogP contribution in [0.25, 0.3) is 0 Å². The molecule has 0 aliphatic carbocycles. The fraction of sp³-hybridized carbons (Fsp3) is 0.200. The molecule has 3 rings (SSSR count). The zero-order valence-electron chi connectivity index (χ0n) is 15.9. The first-order valence-electron chi connectivity index (χ1n) is 8.43. The van der Waals surface area contributed by atoms with E-state index < -0.39 is 11.7 Å². The van der Waals surface area contributed by atoms with Gasteiger partial charge in [-0.3, -0.25) is 5.32 Å². The van der Waals surface area contributed by atoms with Crippen molar-refractivity contribution < 1.29 is 19.4 Å². The second-order valence-corrected chi connectivity index (χ2v) is 7.50. The molecule has 8 heteroatoms. The van der Waals surface area contributed by atoms with Gasteiger partial charge in [0.25, 0.3) is 5.19 Å². The van der Waals surface area contributed by atoms with Crippen LogP contribution in [0.15, 0.2) is 60.1 Å². The van der Waals surface area contributed by atoms with E-state index in [-0.39, 0.29) is 5.75 Å². The summed E-state index contributed by atoms with van der Waals surface area (Å²) in [5.41, 5.74) is 6.35. The number of hydrogen-bond acceptors (Lipinski definition) is 7. The van der Waals surface area contributed by atoms with E-state index in [4.69, 9.17) is 20.3 Å². The van der Waals surface area contributed by atoms with E-state index >= 15 is 0 Å². The highest BCUT2D eigenvalue weighted by Gasteiger charge is 2.15. The van der Waals surface area contributed by atoms with Gasteiger partial charge in [0.2, 0.25) is 0 Å². The van der Waals surface area contributed by atoms with Gasteiger partial charge in [0.1, 0.15) is 17.1 Å². The zero-order valence-corrected chi connectivity index (χ0v) is 16.7. The molecule has 0 atom stereocenters. The van der Waals surface area contributed by atoms with Crippen molar-refractivity contribution in [1.82, 2.24) is 4.98 Å². The highest BCUT2D eigenvalue weighted by Crippen LogP contribution is 2.24. The number of thiazole rings is 1. The van der Waals surface area contributed by atoms with Gasteiger partial charge in [0.05, 0.1) is 0 Å². The summed E-state index contributed by atoms with van der Waals surface area (Å²) < 4.78 is 10.5. The maximum atomic E-state index is 11.3. The number of hydrogen-bond donors (Lipinski definition) is 3. The number of nitrogens with two attached hydrogens (primary N) is 1. The lowest BCUT2D eigenvalue weighted by Gasteiger charge is -2.19. The number of nitrogens with zero attached hydrogens (tertiary/aromatic N) is 1. The Hall–Kier alpha value is -3.26. The average molecular weight is 401 g/mol. The molecule has 0 radical (unpaired) electrons. The number of ether oxygens (including phenoxy) is 2. The average Bonchev–Trinajstić information content (AvgIpc) is 3.09. The van der Waals surface area contributed by atoms with Crippen LogP contribution >= 0.6 is 11.3 Å². The lowest BCUT2D eigenvalue weighted by molar-refractivity contribution is 0.0636. The predicted octanol–water partition coefficient (Wildman–Crippen LogP) is 5.26. The molecule has 2 aromatic carbocycles. The van der Waals surface area contributed by atoms with Crippen molar-refractivity contribution in [3.05, 3.63) is 60.1 Å².